The molecule has 1 aromatic heterocycles. The molecule has 0 radical (unpaired) electrons. The quantitative estimate of drug-likeness (QED) is 0.255. The van der Waals surface area contributed by atoms with Gasteiger partial charge in [-0.25, -0.2) is 0 Å². The van der Waals surface area contributed by atoms with Gasteiger partial charge in [0.15, 0.2) is 5.96 Å². The van der Waals surface area contributed by atoms with Gasteiger partial charge in [-0.15, -0.1) is 24.0 Å². The highest BCUT2D eigenvalue weighted by atomic mass is 127. The minimum Gasteiger partial charge on any atom is -0.469 e. The average Bonchev–Trinajstić information content (AvgIpc) is 3.08. The van der Waals surface area contributed by atoms with Crippen LogP contribution in [0.1, 0.15) is 45.3 Å². The largest absolute Gasteiger partial charge is 0.469 e. The molecule has 0 aromatic carbocycles. The summed E-state index contributed by atoms with van der Waals surface area (Å²) in [4.78, 5) is 7.29. The molecule has 5 nitrogen and oxygen atoms in total. The molecule has 1 aromatic rings. The van der Waals surface area contributed by atoms with Gasteiger partial charge in [-0.05, 0) is 63.7 Å². The van der Waals surface area contributed by atoms with Crippen molar-refractivity contribution in [2.75, 3.05) is 39.3 Å². The first-order chi connectivity index (χ1) is 11.8. The zero-order valence-corrected chi connectivity index (χ0v) is 18.1. The zero-order chi connectivity index (χ0) is 17.0. The van der Waals surface area contributed by atoms with Gasteiger partial charge in [0.1, 0.15) is 5.76 Å². The fraction of sp³-hybridized carbons (Fsp3) is 0.737. The molecule has 0 amide bonds. The van der Waals surface area contributed by atoms with Crippen LogP contribution in [0.2, 0.25) is 0 Å². The van der Waals surface area contributed by atoms with Crippen LogP contribution in [0.5, 0.6) is 0 Å². The molecule has 1 unspecified atom stereocenters. The minimum absolute atomic E-state index is 0. The van der Waals surface area contributed by atoms with E-state index in [1.165, 1.54) is 38.9 Å². The average molecular weight is 462 g/mol. The summed E-state index contributed by atoms with van der Waals surface area (Å²) < 4.78 is 5.35. The van der Waals surface area contributed by atoms with Gasteiger partial charge < -0.3 is 20.0 Å². The summed E-state index contributed by atoms with van der Waals surface area (Å²) >= 11 is 0. The number of hydrogen-bond donors (Lipinski definition) is 2. The lowest BCUT2D eigenvalue weighted by Crippen LogP contribution is -2.38. The minimum atomic E-state index is 0. The summed E-state index contributed by atoms with van der Waals surface area (Å²) in [5.41, 5.74) is 0. The van der Waals surface area contributed by atoms with Crippen molar-refractivity contribution in [3.63, 3.8) is 0 Å². The zero-order valence-electron chi connectivity index (χ0n) is 15.8. The van der Waals surface area contributed by atoms with Crippen LogP contribution in [-0.2, 0) is 6.42 Å². The van der Waals surface area contributed by atoms with Crippen LogP contribution in [-0.4, -0.2) is 50.1 Å². The number of hydrogen-bond acceptors (Lipinski definition) is 3. The van der Waals surface area contributed by atoms with Gasteiger partial charge in [0.2, 0.25) is 0 Å². The molecule has 0 bridgehead atoms. The van der Waals surface area contributed by atoms with Crippen molar-refractivity contribution in [1.29, 1.82) is 0 Å². The van der Waals surface area contributed by atoms with E-state index in [-0.39, 0.29) is 24.0 Å². The first-order valence-corrected chi connectivity index (χ1v) is 9.55. The maximum Gasteiger partial charge on any atom is 0.191 e. The molecule has 6 heteroatoms. The number of unbranched alkanes of at least 4 members (excludes halogenated alkanes) is 1. The molecular weight excluding hydrogens is 427 g/mol. The molecule has 0 saturated carbocycles. The van der Waals surface area contributed by atoms with Gasteiger partial charge in [0.25, 0.3) is 0 Å². The van der Waals surface area contributed by atoms with Crippen molar-refractivity contribution in [2.24, 2.45) is 10.9 Å². The lowest BCUT2D eigenvalue weighted by Gasteiger charge is -2.30. The third-order valence-corrected chi connectivity index (χ3v) is 4.48. The number of nitrogens with zero attached hydrogens (tertiary/aromatic N) is 2. The molecule has 2 rings (SSSR count). The van der Waals surface area contributed by atoms with E-state index in [9.17, 15) is 0 Å². The molecule has 144 valence electrons. The Morgan fingerprint density at radius 2 is 2.24 bits per heavy atom. The molecule has 0 spiro atoms. The third-order valence-electron chi connectivity index (χ3n) is 4.48. The normalized spacial score (nSPS) is 18.6. The van der Waals surface area contributed by atoms with E-state index in [1.54, 1.807) is 6.26 Å². The van der Waals surface area contributed by atoms with E-state index in [0.29, 0.717) is 0 Å². The van der Waals surface area contributed by atoms with Crippen molar-refractivity contribution in [3.05, 3.63) is 24.2 Å². The Labute approximate surface area is 170 Å². The van der Waals surface area contributed by atoms with E-state index in [1.807, 2.05) is 12.1 Å². The molecule has 1 aliphatic heterocycles. The van der Waals surface area contributed by atoms with Crippen LogP contribution in [0.3, 0.4) is 0 Å². The lowest BCUT2D eigenvalue weighted by molar-refractivity contribution is 0.181. The van der Waals surface area contributed by atoms with Crippen molar-refractivity contribution in [2.45, 2.75) is 46.0 Å². The number of halogens is 1. The first-order valence-electron chi connectivity index (χ1n) is 9.55. The molecule has 0 aliphatic carbocycles. The summed E-state index contributed by atoms with van der Waals surface area (Å²) in [5.74, 6) is 2.79. The highest BCUT2D eigenvalue weighted by Crippen LogP contribution is 2.15. The lowest BCUT2D eigenvalue weighted by atomic mass is 10.0. The van der Waals surface area contributed by atoms with E-state index in [0.717, 1.165) is 50.1 Å². The summed E-state index contributed by atoms with van der Waals surface area (Å²) in [5, 5.41) is 6.68. The van der Waals surface area contributed by atoms with Crippen molar-refractivity contribution < 1.29 is 4.42 Å². The third kappa shape index (κ3) is 9.49. The monoisotopic (exact) mass is 462 g/mol. The van der Waals surface area contributed by atoms with Crippen LogP contribution in [0.25, 0.3) is 0 Å². The Balaban J connectivity index is 0.00000312. The smallest absolute Gasteiger partial charge is 0.191 e. The Bertz CT molecular complexity index is 464. The standard InChI is InChI=1S/C19H34N4O.HI/c1-3-20-19(22-12-10-18-9-7-15-24-18)21-11-4-5-13-23-14-6-8-17(2)16-23;/h7,9,15,17H,3-6,8,10-14,16H2,1-2H3,(H2,20,21,22);1H. The second kappa shape index (κ2) is 13.4. The molecular formula is C19H35IN4O. The Morgan fingerprint density at radius 1 is 1.36 bits per heavy atom. The fourth-order valence-corrected chi connectivity index (χ4v) is 3.23. The van der Waals surface area contributed by atoms with Crippen molar-refractivity contribution in [1.82, 2.24) is 15.5 Å². The van der Waals surface area contributed by atoms with Gasteiger partial charge in [0.05, 0.1) is 6.26 Å². The highest BCUT2D eigenvalue weighted by Gasteiger charge is 2.15. The molecule has 1 atom stereocenters. The molecule has 1 fully saturated rings. The fourth-order valence-electron chi connectivity index (χ4n) is 3.23. The van der Waals surface area contributed by atoms with Crippen LogP contribution in [0.15, 0.2) is 27.8 Å². The van der Waals surface area contributed by atoms with Gasteiger partial charge in [-0.2, -0.15) is 0 Å². The number of rotatable bonds is 9. The molecule has 2 N–H and O–H groups in total. The van der Waals surface area contributed by atoms with Gasteiger partial charge >= 0.3 is 0 Å². The van der Waals surface area contributed by atoms with Crippen LogP contribution < -0.4 is 10.6 Å². The topological polar surface area (TPSA) is 52.8 Å². The first kappa shape index (κ1) is 22.3. The van der Waals surface area contributed by atoms with Gasteiger partial charge in [-0.1, -0.05) is 6.92 Å². The number of nitrogens with one attached hydrogen (secondary N) is 2. The van der Waals surface area contributed by atoms with E-state index in [2.05, 4.69) is 34.4 Å². The highest BCUT2D eigenvalue weighted by molar-refractivity contribution is 14.0. The predicted molar refractivity (Wildman–Crippen MR) is 116 cm³/mol. The summed E-state index contributed by atoms with van der Waals surface area (Å²) in [6.07, 6.45) is 7.75. The SMILES string of the molecule is CCNC(=NCCCCN1CCCC(C)C1)NCCc1ccco1.I. The Hall–Kier alpha value is -0.760. The summed E-state index contributed by atoms with van der Waals surface area (Å²) in [6, 6.07) is 3.94. The van der Waals surface area contributed by atoms with Crippen molar-refractivity contribution >= 4 is 29.9 Å². The maximum atomic E-state index is 5.35. The molecule has 2 heterocycles. The van der Waals surface area contributed by atoms with Crippen molar-refractivity contribution in [3.8, 4) is 0 Å². The Morgan fingerprint density at radius 3 is 2.96 bits per heavy atom. The van der Waals surface area contributed by atoms with E-state index < -0.39 is 0 Å². The second-order valence-electron chi connectivity index (χ2n) is 6.77. The summed E-state index contributed by atoms with van der Waals surface area (Å²) in [6.45, 7) is 10.9. The predicted octanol–water partition coefficient (Wildman–Crippen LogP) is 3.51. The second-order valence-corrected chi connectivity index (χ2v) is 6.77. The van der Waals surface area contributed by atoms with Crippen LogP contribution >= 0.6 is 24.0 Å². The number of likely N-dealkylation sites (tertiary alicyclic amines) is 1. The van der Waals surface area contributed by atoms with E-state index >= 15 is 0 Å². The Kier molecular flexibility index (Phi) is 12.0. The molecule has 1 saturated heterocycles. The van der Waals surface area contributed by atoms with Gasteiger partial charge in [0, 0.05) is 32.6 Å². The van der Waals surface area contributed by atoms with Gasteiger partial charge in [-0.3, -0.25) is 4.99 Å². The van der Waals surface area contributed by atoms with E-state index in [4.69, 9.17) is 4.42 Å². The summed E-state index contributed by atoms with van der Waals surface area (Å²) in [7, 11) is 0. The number of guanidine groups is 1. The maximum absolute atomic E-state index is 5.35. The molecule has 25 heavy (non-hydrogen) atoms. The van der Waals surface area contributed by atoms with Crippen LogP contribution in [0, 0.1) is 5.92 Å². The number of furan rings is 1. The number of piperidine rings is 1. The number of aliphatic imine (C=N–C) groups is 1. The van der Waals surface area contributed by atoms with Crippen LogP contribution in [0.4, 0.5) is 0 Å². The molecule has 1 aliphatic rings.